The van der Waals surface area contributed by atoms with Crippen molar-refractivity contribution in [2.75, 3.05) is 13.7 Å². The Labute approximate surface area is 409 Å². The lowest BCUT2D eigenvalue weighted by molar-refractivity contribution is -0.144. The number of ether oxygens (including phenoxy) is 1. The molecular formula is C52H56N10O5S2. The van der Waals surface area contributed by atoms with Crippen LogP contribution in [0.2, 0.25) is 0 Å². The van der Waals surface area contributed by atoms with Crippen LogP contribution < -0.4 is 10.6 Å². The van der Waals surface area contributed by atoms with Gasteiger partial charge in [0.2, 0.25) is 17.7 Å². The molecule has 0 radical (unpaired) electrons. The van der Waals surface area contributed by atoms with E-state index in [-0.39, 0.29) is 42.7 Å². The zero-order valence-electron chi connectivity index (χ0n) is 40.3. The highest BCUT2D eigenvalue weighted by atomic mass is 32.1. The number of methoxy groups -OCH3 is 1. The molecule has 2 aliphatic rings. The number of thiazole rings is 1. The third-order valence-corrected chi connectivity index (χ3v) is 15.4. The number of carbonyl (C=O) groups is 4. The number of nitrogens with zero attached hydrogens (tertiary/aromatic N) is 8. The molecule has 17 heteroatoms. The van der Waals surface area contributed by atoms with Gasteiger partial charge in [-0.25, -0.2) is 4.98 Å². The van der Waals surface area contributed by atoms with E-state index in [9.17, 15) is 19.2 Å². The van der Waals surface area contributed by atoms with E-state index in [1.807, 2.05) is 112 Å². The van der Waals surface area contributed by atoms with Crippen LogP contribution in [0, 0.1) is 33.1 Å². The average molecular weight is 965 g/mol. The number of amides is 3. The van der Waals surface area contributed by atoms with E-state index in [0.29, 0.717) is 25.2 Å². The van der Waals surface area contributed by atoms with Gasteiger partial charge in [-0.2, -0.15) is 5.10 Å². The Hall–Kier alpha value is -6.85. The smallest absolute Gasteiger partial charge is 0.308 e. The number of esters is 1. The van der Waals surface area contributed by atoms with Crippen LogP contribution in [0.25, 0.3) is 37.5 Å². The molecule has 2 aliphatic heterocycles. The SMILES string of the molecule is COC(=O)C[C@@H]1N=C(c2ccc(-c3ccc4nn(CC(=O)NC(C(=O)N5CCC[C@H]5C(=O)N[C@@H](C)c5ccc(-c6scnc6C)cc5)C(C)(C)C)cc4c3)cc2)c2c(sc(C)c2C)-n2c(C)nnc21. The van der Waals surface area contributed by atoms with Gasteiger partial charge >= 0.3 is 5.97 Å². The number of aryl methyl sites for hydroxylation is 3. The molecule has 69 heavy (non-hydrogen) atoms. The third-order valence-electron chi connectivity index (χ3n) is 13.2. The first-order valence-corrected chi connectivity index (χ1v) is 24.8. The Balaban J connectivity index is 0.876. The standard InChI is InChI=1S/C52H56N10O5S2/c1-28-31(4)69-51-44(28)45(55-40(24-43(64)67-9)48-58-57-32(5)62(48)51)35-16-14-34(15-17-35)37-20-21-39-38(23-37)25-60(59-39)26-42(63)56-47(52(6,7)8)50(66)61-22-10-11-41(61)49(65)54-29(2)33-12-18-36(19-13-33)46-30(3)53-27-68-46/h12-21,23,25,27,29,40-41,47H,10-11,22,24,26H2,1-9H3,(H,54,65)(H,56,63)/t29-,40-,41-,47?/m0/s1. The number of rotatable bonds is 12. The summed E-state index contributed by atoms with van der Waals surface area (Å²) in [6.45, 7) is 16.1. The Morgan fingerprint density at radius 3 is 2.30 bits per heavy atom. The van der Waals surface area contributed by atoms with Gasteiger partial charge in [0.1, 0.15) is 35.5 Å². The first-order chi connectivity index (χ1) is 33.0. The second kappa shape index (κ2) is 18.9. The Kier molecular flexibility index (Phi) is 12.9. The van der Waals surface area contributed by atoms with Gasteiger partial charge in [0, 0.05) is 34.1 Å². The van der Waals surface area contributed by atoms with Crippen molar-refractivity contribution >= 4 is 63.0 Å². The lowest BCUT2D eigenvalue weighted by Gasteiger charge is -2.35. The van der Waals surface area contributed by atoms with Gasteiger partial charge in [0.15, 0.2) is 5.82 Å². The van der Waals surface area contributed by atoms with Gasteiger partial charge in [-0.05, 0) is 92.8 Å². The van der Waals surface area contributed by atoms with Crippen LogP contribution in [-0.2, 0) is 30.5 Å². The number of carbonyl (C=O) groups excluding carboxylic acids is 4. The van der Waals surface area contributed by atoms with E-state index < -0.39 is 23.5 Å². The molecule has 1 saturated heterocycles. The molecule has 15 nitrogen and oxygen atoms in total. The summed E-state index contributed by atoms with van der Waals surface area (Å²) in [6, 6.07) is 19.9. The highest BCUT2D eigenvalue weighted by molar-refractivity contribution is 7.15. The Morgan fingerprint density at radius 2 is 1.61 bits per heavy atom. The second-order valence-corrected chi connectivity index (χ2v) is 21.1. The van der Waals surface area contributed by atoms with Crippen LogP contribution in [0.4, 0.5) is 0 Å². The number of fused-ring (bicyclic) bond motifs is 4. The fourth-order valence-corrected chi connectivity index (χ4v) is 11.3. The minimum atomic E-state index is -0.871. The van der Waals surface area contributed by atoms with Crippen molar-refractivity contribution in [3.05, 3.63) is 123 Å². The molecule has 7 aromatic rings. The molecule has 0 spiro atoms. The van der Waals surface area contributed by atoms with Crippen molar-refractivity contribution in [3.63, 3.8) is 0 Å². The molecular weight excluding hydrogens is 909 g/mol. The summed E-state index contributed by atoms with van der Waals surface area (Å²) in [7, 11) is 1.37. The number of aliphatic imine (C=N–C) groups is 1. The summed E-state index contributed by atoms with van der Waals surface area (Å²) in [5.41, 5.74) is 10.7. The van der Waals surface area contributed by atoms with Crippen molar-refractivity contribution in [1.29, 1.82) is 0 Å². The lowest BCUT2D eigenvalue weighted by Crippen LogP contribution is -2.58. The van der Waals surface area contributed by atoms with Crippen molar-refractivity contribution in [3.8, 4) is 26.6 Å². The van der Waals surface area contributed by atoms with E-state index in [1.165, 1.54) is 7.11 Å². The molecule has 4 atom stereocenters. The van der Waals surface area contributed by atoms with Gasteiger partial charge in [0.05, 0.1) is 46.9 Å². The van der Waals surface area contributed by atoms with E-state index in [2.05, 4.69) is 51.8 Å². The molecule has 0 aliphatic carbocycles. The molecule has 3 amide bonds. The normalized spacial score (nSPS) is 16.6. The van der Waals surface area contributed by atoms with E-state index in [0.717, 1.165) is 81.8 Å². The van der Waals surface area contributed by atoms with Crippen LogP contribution in [0.5, 0.6) is 0 Å². The lowest BCUT2D eigenvalue weighted by atomic mass is 9.85. The second-order valence-electron chi connectivity index (χ2n) is 19.0. The van der Waals surface area contributed by atoms with Gasteiger partial charge in [-0.3, -0.25) is 33.4 Å². The minimum Gasteiger partial charge on any atom is -0.469 e. The van der Waals surface area contributed by atoms with E-state index in [1.54, 1.807) is 32.3 Å². The van der Waals surface area contributed by atoms with Crippen molar-refractivity contribution in [2.24, 2.45) is 10.4 Å². The highest BCUT2D eigenvalue weighted by Crippen LogP contribution is 2.40. The maximum atomic E-state index is 14.3. The summed E-state index contributed by atoms with van der Waals surface area (Å²) >= 11 is 3.25. The monoisotopic (exact) mass is 964 g/mol. The van der Waals surface area contributed by atoms with E-state index in [4.69, 9.17) is 14.8 Å². The molecule has 6 heterocycles. The van der Waals surface area contributed by atoms with Gasteiger partial charge in [0.25, 0.3) is 0 Å². The molecule has 0 saturated carbocycles. The fourth-order valence-electron chi connectivity index (χ4n) is 9.29. The number of nitrogens with one attached hydrogen (secondary N) is 2. The van der Waals surface area contributed by atoms with Gasteiger partial charge in [-0.1, -0.05) is 75.4 Å². The average Bonchev–Trinajstić information content (AvgIpc) is 4.17. The maximum absolute atomic E-state index is 14.3. The summed E-state index contributed by atoms with van der Waals surface area (Å²) in [4.78, 5) is 67.9. The van der Waals surface area contributed by atoms with Crippen LogP contribution >= 0.6 is 22.7 Å². The largest absolute Gasteiger partial charge is 0.469 e. The predicted molar refractivity (Wildman–Crippen MR) is 269 cm³/mol. The number of benzene rings is 3. The molecule has 3 aromatic carbocycles. The zero-order chi connectivity index (χ0) is 48.9. The Morgan fingerprint density at radius 1 is 0.899 bits per heavy atom. The number of hydrogen-bond donors (Lipinski definition) is 2. The molecule has 2 N–H and O–H groups in total. The van der Waals surface area contributed by atoms with Gasteiger partial charge in [-0.15, -0.1) is 32.9 Å². The highest BCUT2D eigenvalue weighted by Gasteiger charge is 2.42. The third kappa shape index (κ3) is 9.36. The van der Waals surface area contributed by atoms with Gasteiger partial charge < -0.3 is 20.3 Å². The number of thiophene rings is 1. The number of hydrogen-bond acceptors (Lipinski definition) is 12. The van der Waals surface area contributed by atoms with E-state index >= 15 is 0 Å². The maximum Gasteiger partial charge on any atom is 0.308 e. The zero-order valence-corrected chi connectivity index (χ0v) is 41.9. The van der Waals surface area contributed by atoms with Crippen molar-refractivity contribution in [2.45, 2.75) is 105 Å². The molecule has 1 fully saturated rings. The summed E-state index contributed by atoms with van der Waals surface area (Å²) in [6.07, 6.45) is 3.09. The van der Waals surface area contributed by atoms with Crippen molar-refractivity contribution < 1.29 is 23.9 Å². The molecule has 9 rings (SSSR count). The first kappa shape index (κ1) is 47.2. The number of aromatic nitrogens is 6. The van der Waals surface area contributed by atoms with Crippen LogP contribution in [-0.4, -0.2) is 89.6 Å². The Bertz CT molecular complexity index is 3140. The minimum absolute atomic E-state index is 0.0269. The summed E-state index contributed by atoms with van der Waals surface area (Å²) in [5, 5.41) is 21.5. The molecule has 356 valence electrons. The number of likely N-dealkylation sites (tertiary alicyclic amines) is 1. The predicted octanol–water partition coefficient (Wildman–Crippen LogP) is 8.56. The van der Waals surface area contributed by atoms with Crippen LogP contribution in [0.3, 0.4) is 0 Å². The topological polar surface area (TPSA) is 179 Å². The summed E-state index contributed by atoms with van der Waals surface area (Å²) < 4.78 is 8.66. The van der Waals surface area contributed by atoms with Crippen molar-refractivity contribution in [1.82, 2.24) is 45.1 Å². The summed E-state index contributed by atoms with van der Waals surface area (Å²) in [5.74, 6) is 0.0925. The quantitative estimate of drug-likeness (QED) is 0.114. The molecule has 4 aromatic heterocycles. The molecule has 0 bridgehead atoms. The van der Waals surface area contributed by atoms with Crippen LogP contribution in [0.15, 0.2) is 83.4 Å². The fraction of sp³-hybridized carbons (Fsp3) is 0.365. The first-order valence-electron chi connectivity index (χ1n) is 23.1. The van der Waals surface area contributed by atoms with Crippen LogP contribution in [0.1, 0.15) is 104 Å². The molecule has 1 unspecified atom stereocenters.